The summed E-state index contributed by atoms with van der Waals surface area (Å²) in [6.07, 6.45) is 1.47. The molecule has 0 aromatic rings. The lowest BCUT2D eigenvalue weighted by Gasteiger charge is -2.18. The Morgan fingerprint density at radius 3 is 1.82 bits per heavy atom. The van der Waals surface area contributed by atoms with Crippen LogP contribution >= 0.6 is 23.5 Å². The molecule has 0 amide bonds. The predicted molar refractivity (Wildman–Crippen MR) is 69.6 cm³/mol. The summed E-state index contributed by atoms with van der Waals surface area (Å²) in [5, 5.41) is 0.862. The van der Waals surface area contributed by atoms with Crippen molar-refractivity contribution in [3.8, 4) is 0 Å². The molecule has 0 aromatic carbocycles. The molecule has 1 saturated heterocycles. The number of hydrogen-bond acceptors (Lipinski definition) is 6. The van der Waals surface area contributed by atoms with Crippen LogP contribution in [0.4, 0.5) is 0 Å². The average molecular weight is 276 g/mol. The summed E-state index contributed by atoms with van der Waals surface area (Å²) in [7, 11) is 0. The molecule has 1 aliphatic rings. The highest BCUT2D eigenvalue weighted by Gasteiger charge is 2.30. The van der Waals surface area contributed by atoms with Crippen molar-refractivity contribution in [3.05, 3.63) is 9.81 Å². The van der Waals surface area contributed by atoms with E-state index in [1.165, 1.54) is 23.5 Å². The van der Waals surface area contributed by atoms with Gasteiger partial charge in [0.15, 0.2) is 5.57 Å². The first-order chi connectivity index (χ1) is 8.20. The predicted octanol–water partition coefficient (Wildman–Crippen LogP) is 2.54. The molecule has 1 aliphatic heterocycles. The maximum atomic E-state index is 11.7. The highest BCUT2D eigenvalue weighted by molar-refractivity contribution is 8.37. The van der Waals surface area contributed by atoms with Gasteiger partial charge in [-0.2, -0.15) is 0 Å². The minimum Gasteiger partial charge on any atom is -0.462 e. The van der Waals surface area contributed by atoms with E-state index < -0.39 is 11.9 Å². The maximum Gasteiger partial charge on any atom is 0.347 e. The van der Waals surface area contributed by atoms with Crippen molar-refractivity contribution in [1.29, 1.82) is 0 Å². The van der Waals surface area contributed by atoms with Gasteiger partial charge < -0.3 is 9.47 Å². The van der Waals surface area contributed by atoms with Crippen molar-refractivity contribution < 1.29 is 19.1 Å². The minimum atomic E-state index is -0.567. The van der Waals surface area contributed by atoms with Crippen molar-refractivity contribution in [3.63, 3.8) is 0 Å². The Morgan fingerprint density at radius 1 is 1.06 bits per heavy atom. The number of carbonyl (C=O) groups excluding carboxylic acids is 2. The van der Waals surface area contributed by atoms with Gasteiger partial charge in [0.05, 0.1) is 17.5 Å². The molecule has 0 saturated carbocycles. The second-order valence-electron chi connectivity index (χ2n) is 3.34. The van der Waals surface area contributed by atoms with Crippen molar-refractivity contribution >= 4 is 35.5 Å². The molecule has 0 bridgehead atoms. The van der Waals surface area contributed by atoms with Gasteiger partial charge in [-0.15, -0.1) is 23.5 Å². The summed E-state index contributed by atoms with van der Waals surface area (Å²) in [6, 6.07) is 0. The lowest BCUT2D eigenvalue weighted by atomic mass is 10.3. The van der Waals surface area contributed by atoms with E-state index in [-0.39, 0.29) is 5.57 Å². The van der Waals surface area contributed by atoms with Gasteiger partial charge in [-0.1, -0.05) is 13.8 Å². The van der Waals surface area contributed by atoms with Gasteiger partial charge in [0.2, 0.25) is 0 Å². The standard InChI is InChI=1S/C11H16O4S2/c1-3-5-14-9(12)8(11-16-7-17-11)10(13)15-6-4-2/h3-7H2,1-2H3. The fraction of sp³-hybridized carbons (Fsp3) is 0.636. The van der Waals surface area contributed by atoms with Crippen LogP contribution in [-0.4, -0.2) is 30.2 Å². The molecular formula is C11H16O4S2. The lowest BCUT2D eigenvalue weighted by Crippen LogP contribution is -2.21. The van der Waals surface area contributed by atoms with E-state index in [0.29, 0.717) is 17.5 Å². The second kappa shape index (κ2) is 7.66. The van der Waals surface area contributed by atoms with Gasteiger partial charge >= 0.3 is 11.9 Å². The number of thioether (sulfide) groups is 2. The Balaban J connectivity index is 2.68. The third-order valence-electron chi connectivity index (χ3n) is 1.87. The molecule has 0 radical (unpaired) electrons. The highest BCUT2D eigenvalue weighted by atomic mass is 32.3. The molecule has 17 heavy (non-hydrogen) atoms. The van der Waals surface area contributed by atoms with Gasteiger partial charge in [0.1, 0.15) is 0 Å². The molecule has 96 valence electrons. The van der Waals surface area contributed by atoms with Crippen LogP contribution in [0.15, 0.2) is 9.81 Å². The van der Waals surface area contributed by atoms with Crippen LogP contribution in [0.3, 0.4) is 0 Å². The van der Waals surface area contributed by atoms with E-state index in [2.05, 4.69) is 0 Å². The van der Waals surface area contributed by atoms with E-state index in [1.54, 1.807) is 0 Å². The zero-order valence-corrected chi connectivity index (χ0v) is 11.6. The molecule has 0 spiro atoms. The molecule has 1 rings (SSSR count). The fourth-order valence-electron chi connectivity index (χ4n) is 1.05. The van der Waals surface area contributed by atoms with Gasteiger partial charge in [-0.3, -0.25) is 0 Å². The van der Waals surface area contributed by atoms with Crippen LogP contribution in [0.1, 0.15) is 26.7 Å². The molecular weight excluding hydrogens is 260 g/mol. The zero-order chi connectivity index (χ0) is 12.7. The average Bonchev–Trinajstić information content (AvgIpc) is 2.27. The van der Waals surface area contributed by atoms with Gasteiger partial charge in [-0.05, 0) is 12.8 Å². The van der Waals surface area contributed by atoms with Crippen molar-refractivity contribution in [2.24, 2.45) is 0 Å². The third-order valence-corrected chi connectivity index (χ3v) is 4.45. The molecule has 1 heterocycles. The van der Waals surface area contributed by atoms with E-state index >= 15 is 0 Å². The Morgan fingerprint density at radius 2 is 1.53 bits per heavy atom. The van der Waals surface area contributed by atoms with Crippen molar-refractivity contribution in [1.82, 2.24) is 0 Å². The first-order valence-electron chi connectivity index (χ1n) is 5.54. The van der Waals surface area contributed by atoms with Crippen molar-refractivity contribution in [2.75, 3.05) is 18.3 Å². The molecule has 0 unspecified atom stereocenters. The summed E-state index contributed by atoms with van der Waals surface area (Å²) >= 11 is 2.96. The van der Waals surface area contributed by atoms with E-state index in [9.17, 15) is 9.59 Å². The summed E-state index contributed by atoms with van der Waals surface area (Å²) < 4.78 is 10.7. The number of ether oxygens (including phenoxy) is 2. The van der Waals surface area contributed by atoms with E-state index in [1.807, 2.05) is 13.8 Å². The number of hydrogen-bond donors (Lipinski definition) is 0. The van der Waals surface area contributed by atoms with E-state index in [0.717, 1.165) is 17.9 Å². The Bertz CT molecular complexity index is 297. The van der Waals surface area contributed by atoms with Gasteiger partial charge in [0.25, 0.3) is 0 Å². The van der Waals surface area contributed by atoms with Crippen LogP contribution in [0.25, 0.3) is 0 Å². The molecule has 0 aliphatic carbocycles. The SMILES string of the molecule is CCCOC(=O)C(C(=O)OCCC)=C1SCS1. The summed E-state index contributed by atoms with van der Waals surface area (Å²) in [5.74, 6) is -1.13. The summed E-state index contributed by atoms with van der Waals surface area (Å²) in [6.45, 7) is 4.46. The quantitative estimate of drug-likeness (QED) is 0.321. The topological polar surface area (TPSA) is 52.6 Å². The summed E-state index contributed by atoms with van der Waals surface area (Å²) in [4.78, 5) is 23.5. The molecule has 6 heteroatoms. The van der Waals surface area contributed by atoms with Gasteiger partial charge in [0, 0.05) is 5.08 Å². The van der Waals surface area contributed by atoms with Crippen LogP contribution < -0.4 is 0 Å². The third kappa shape index (κ3) is 4.27. The molecule has 1 fully saturated rings. The summed E-state index contributed by atoms with van der Waals surface area (Å²) in [5.41, 5.74) is 0.0631. The smallest absolute Gasteiger partial charge is 0.347 e. The first kappa shape index (κ1) is 14.4. The molecule has 4 nitrogen and oxygen atoms in total. The second-order valence-corrected chi connectivity index (χ2v) is 5.94. The number of carbonyl (C=O) groups is 2. The first-order valence-corrected chi connectivity index (χ1v) is 7.51. The van der Waals surface area contributed by atoms with E-state index in [4.69, 9.17) is 9.47 Å². The highest BCUT2D eigenvalue weighted by Crippen LogP contribution is 2.45. The van der Waals surface area contributed by atoms with Crippen molar-refractivity contribution in [2.45, 2.75) is 26.7 Å². The van der Waals surface area contributed by atoms with Crippen LogP contribution in [-0.2, 0) is 19.1 Å². The largest absolute Gasteiger partial charge is 0.462 e. The molecule has 0 aromatic heterocycles. The fourth-order valence-corrected chi connectivity index (χ4v) is 2.61. The maximum absolute atomic E-state index is 11.7. The van der Waals surface area contributed by atoms with Crippen LogP contribution in [0.5, 0.6) is 0 Å². The monoisotopic (exact) mass is 276 g/mol. The molecule has 0 N–H and O–H groups in total. The van der Waals surface area contributed by atoms with Crippen LogP contribution in [0.2, 0.25) is 0 Å². The normalized spacial score (nSPS) is 13.9. The minimum absolute atomic E-state index is 0.0631. The lowest BCUT2D eigenvalue weighted by molar-refractivity contribution is -0.147. The zero-order valence-electron chi connectivity index (χ0n) is 9.99. The van der Waals surface area contributed by atoms with Crippen LogP contribution in [0, 0.1) is 0 Å². The molecule has 0 atom stereocenters. The Hall–Kier alpha value is -0.620. The number of rotatable bonds is 6. The Labute approximate surface area is 109 Å². The Kier molecular flexibility index (Phi) is 6.50. The number of esters is 2. The van der Waals surface area contributed by atoms with Gasteiger partial charge in [-0.25, -0.2) is 9.59 Å².